The summed E-state index contributed by atoms with van der Waals surface area (Å²) in [6.45, 7) is 7.56. The molecule has 1 unspecified atom stereocenters. The van der Waals surface area contributed by atoms with E-state index in [0.717, 1.165) is 57.1 Å². The van der Waals surface area contributed by atoms with Crippen LogP contribution in [0.2, 0.25) is 0 Å². The average molecular weight is 363 g/mol. The van der Waals surface area contributed by atoms with Gasteiger partial charge in [0.05, 0.1) is 19.3 Å². The number of fused-ring (bicyclic) bond motifs is 1. The molecule has 0 N–H and O–H groups in total. The molecule has 27 heavy (non-hydrogen) atoms. The highest BCUT2D eigenvalue weighted by Gasteiger charge is 2.30. The van der Waals surface area contributed by atoms with Crippen LogP contribution in [0, 0.1) is 0 Å². The van der Waals surface area contributed by atoms with Crippen molar-refractivity contribution in [2.24, 2.45) is 0 Å². The van der Waals surface area contributed by atoms with E-state index in [4.69, 9.17) is 4.74 Å². The fourth-order valence-corrected chi connectivity index (χ4v) is 4.05. The fourth-order valence-electron chi connectivity index (χ4n) is 4.05. The lowest BCUT2D eigenvalue weighted by atomic mass is 9.93. The Hall–Kier alpha value is -2.66. The molecule has 0 spiro atoms. The van der Waals surface area contributed by atoms with Crippen LogP contribution in [-0.4, -0.2) is 48.6 Å². The summed E-state index contributed by atoms with van der Waals surface area (Å²) in [5.41, 5.74) is 3.60. The zero-order chi connectivity index (χ0) is 18.6. The second-order valence-electron chi connectivity index (χ2n) is 6.99. The summed E-state index contributed by atoms with van der Waals surface area (Å²) >= 11 is 0. The summed E-state index contributed by atoms with van der Waals surface area (Å²) in [7, 11) is 0. The van der Waals surface area contributed by atoms with E-state index in [1.807, 2.05) is 17.2 Å². The van der Waals surface area contributed by atoms with Crippen molar-refractivity contribution >= 4 is 11.7 Å². The van der Waals surface area contributed by atoms with Crippen molar-refractivity contribution in [1.29, 1.82) is 0 Å². The lowest BCUT2D eigenvalue weighted by Gasteiger charge is -2.32. The molecule has 1 atom stereocenters. The number of aromatic nitrogens is 1. The Morgan fingerprint density at radius 1 is 1.19 bits per heavy atom. The van der Waals surface area contributed by atoms with E-state index < -0.39 is 0 Å². The molecule has 1 saturated heterocycles. The second-order valence-corrected chi connectivity index (χ2v) is 6.99. The van der Waals surface area contributed by atoms with Crippen molar-refractivity contribution in [3.05, 3.63) is 71.9 Å². The van der Waals surface area contributed by atoms with Crippen LogP contribution < -0.4 is 4.90 Å². The SMILES string of the molecule is C=CC(=O)N1CCCc2ccccc2C1c1ccnc(N2CCOCC2)c1. The number of amides is 1. The summed E-state index contributed by atoms with van der Waals surface area (Å²) in [5.74, 6) is 0.921. The molecule has 2 aromatic rings. The van der Waals surface area contributed by atoms with Gasteiger partial charge in [-0.05, 0) is 47.7 Å². The first-order valence-electron chi connectivity index (χ1n) is 9.57. The van der Waals surface area contributed by atoms with E-state index in [0.29, 0.717) is 0 Å². The molecule has 0 aliphatic carbocycles. The Labute approximate surface area is 160 Å². The van der Waals surface area contributed by atoms with Crippen molar-refractivity contribution in [3.8, 4) is 0 Å². The number of ether oxygens (including phenoxy) is 1. The van der Waals surface area contributed by atoms with Gasteiger partial charge >= 0.3 is 0 Å². The molecule has 0 saturated carbocycles. The number of rotatable bonds is 3. The number of hydrogen-bond acceptors (Lipinski definition) is 4. The van der Waals surface area contributed by atoms with Crippen LogP contribution in [0.25, 0.3) is 0 Å². The molecular weight excluding hydrogens is 338 g/mol. The van der Waals surface area contributed by atoms with Crippen molar-refractivity contribution in [2.45, 2.75) is 18.9 Å². The minimum Gasteiger partial charge on any atom is -0.378 e. The Kier molecular flexibility index (Phi) is 5.21. The van der Waals surface area contributed by atoms with Gasteiger partial charge in [-0.25, -0.2) is 4.98 Å². The summed E-state index contributed by atoms with van der Waals surface area (Å²) < 4.78 is 5.46. The van der Waals surface area contributed by atoms with Crippen LogP contribution in [0.5, 0.6) is 0 Å². The lowest BCUT2D eigenvalue weighted by molar-refractivity contribution is -0.127. The molecule has 1 aromatic heterocycles. The largest absolute Gasteiger partial charge is 0.378 e. The molecule has 5 nitrogen and oxygen atoms in total. The molecule has 4 rings (SSSR count). The molecule has 1 aromatic carbocycles. The summed E-state index contributed by atoms with van der Waals surface area (Å²) in [5, 5.41) is 0. The van der Waals surface area contributed by atoms with Gasteiger partial charge in [0.2, 0.25) is 5.91 Å². The van der Waals surface area contributed by atoms with Gasteiger partial charge in [0, 0.05) is 25.8 Å². The first-order valence-corrected chi connectivity index (χ1v) is 9.57. The Morgan fingerprint density at radius 3 is 2.81 bits per heavy atom. The van der Waals surface area contributed by atoms with Gasteiger partial charge in [-0.2, -0.15) is 0 Å². The average Bonchev–Trinajstić information content (AvgIpc) is 2.93. The number of nitrogens with zero attached hydrogens (tertiary/aromatic N) is 3. The van der Waals surface area contributed by atoms with Gasteiger partial charge in [0.15, 0.2) is 0 Å². The third kappa shape index (κ3) is 3.60. The van der Waals surface area contributed by atoms with E-state index in [2.05, 4.69) is 46.8 Å². The first-order chi connectivity index (χ1) is 13.3. The quantitative estimate of drug-likeness (QED) is 0.787. The maximum atomic E-state index is 12.7. The molecule has 2 aliphatic heterocycles. The van der Waals surface area contributed by atoms with Crippen LogP contribution >= 0.6 is 0 Å². The summed E-state index contributed by atoms with van der Waals surface area (Å²) in [6.07, 6.45) is 5.21. The number of hydrogen-bond donors (Lipinski definition) is 0. The Morgan fingerprint density at radius 2 is 2.00 bits per heavy atom. The minimum absolute atomic E-state index is 0.0264. The predicted octanol–water partition coefficient (Wildman–Crippen LogP) is 2.97. The van der Waals surface area contributed by atoms with Crippen LogP contribution in [0.15, 0.2) is 55.3 Å². The zero-order valence-corrected chi connectivity index (χ0v) is 15.5. The zero-order valence-electron chi connectivity index (χ0n) is 15.5. The monoisotopic (exact) mass is 363 g/mol. The van der Waals surface area contributed by atoms with E-state index in [-0.39, 0.29) is 11.9 Å². The summed E-state index contributed by atoms with van der Waals surface area (Å²) in [4.78, 5) is 21.4. The highest BCUT2D eigenvalue weighted by molar-refractivity contribution is 5.87. The molecule has 1 fully saturated rings. The number of aryl methyl sites for hydroxylation is 1. The van der Waals surface area contributed by atoms with Gasteiger partial charge in [-0.3, -0.25) is 4.79 Å². The Bertz CT molecular complexity index is 830. The van der Waals surface area contributed by atoms with E-state index >= 15 is 0 Å². The van der Waals surface area contributed by atoms with Crippen LogP contribution in [0.3, 0.4) is 0 Å². The highest BCUT2D eigenvalue weighted by atomic mass is 16.5. The number of benzene rings is 1. The van der Waals surface area contributed by atoms with Crippen molar-refractivity contribution in [1.82, 2.24) is 9.88 Å². The number of carbonyl (C=O) groups excluding carboxylic acids is 1. The second kappa shape index (κ2) is 7.92. The minimum atomic E-state index is -0.114. The Balaban J connectivity index is 1.78. The highest BCUT2D eigenvalue weighted by Crippen LogP contribution is 2.35. The molecule has 5 heteroatoms. The van der Waals surface area contributed by atoms with Gasteiger partial charge < -0.3 is 14.5 Å². The smallest absolute Gasteiger partial charge is 0.246 e. The van der Waals surface area contributed by atoms with Crippen molar-refractivity contribution in [3.63, 3.8) is 0 Å². The normalized spacial score (nSPS) is 19.9. The van der Waals surface area contributed by atoms with Crippen molar-refractivity contribution < 1.29 is 9.53 Å². The van der Waals surface area contributed by atoms with Crippen LogP contribution in [0.4, 0.5) is 5.82 Å². The van der Waals surface area contributed by atoms with Crippen molar-refractivity contribution in [2.75, 3.05) is 37.7 Å². The number of carbonyl (C=O) groups is 1. The standard InChI is InChI=1S/C22H25N3O2/c1-2-21(26)25-11-5-7-17-6-3-4-8-19(17)22(25)18-9-10-23-20(16-18)24-12-14-27-15-13-24/h2-4,6,8-10,16,22H,1,5,7,11-15H2. The molecule has 0 radical (unpaired) electrons. The molecule has 0 bridgehead atoms. The van der Waals surface area contributed by atoms with E-state index in [1.54, 1.807) is 0 Å². The first kappa shape index (κ1) is 17.7. The van der Waals surface area contributed by atoms with Crippen LogP contribution in [0.1, 0.15) is 29.2 Å². The molecule has 1 amide bonds. The van der Waals surface area contributed by atoms with Gasteiger partial charge in [0.25, 0.3) is 0 Å². The third-order valence-electron chi connectivity index (χ3n) is 5.38. The van der Waals surface area contributed by atoms with E-state index in [1.165, 1.54) is 17.2 Å². The van der Waals surface area contributed by atoms with Gasteiger partial charge in [-0.1, -0.05) is 30.8 Å². The fraction of sp³-hybridized carbons (Fsp3) is 0.364. The molecule has 3 heterocycles. The number of pyridine rings is 1. The van der Waals surface area contributed by atoms with E-state index in [9.17, 15) is 4.79 Å². The lowest BCUT2D eigenvalue weighted by Crippen LogP contribution is -2.37. The maximum absolute atomic E-state index is 12.7. The maximum Gasteiger partial charge on any atom is 0.246 e. The predicted molar refractivity (Wildman–Crippen MR) is 106 cm³/mol. The number of anilines is 1. The van der Waals surface area contributed by atoms with Gasteiger partial charge in [0.1, 0.15) is 5.82 Å². The van der Waals surface area contributed by atoms with Crippen LogP contribution in [-0.2, 0) is 16.0 Å². The molecule has 140 valence electrons. The molecule has 2 aliphatic rings. The van der Waals surface area contributed by atoms with Gasteiger partial charge in [-0.15, -0.1) is 0 Å². The third-order valence-corrected chi connectivity index (χ3v) is 5.38. The summed E-state index contributed by atoms with van der Waals surface area (Å²) in [6, 6.07) is 12.5. The number of morpholine rings is 1. The molecular formula is C22H25N3O2. The topological polar surface area (TPSA) is 45.7 Å².